The van der Waals surface area contributed by atoms with Crippen LogP contribution >= 0.6 is 15.9 Å². The summed E-state index contributed by atoms with van der Waals surface area (Å²) in [5.74, 6) is -0.295. The number of hydrogen-bond donors (Lipinski definition) is 0. The molecule has 0 saturated carbocycles. The molecule has 0 aliphatic heterocycles. The Bertz CT molecular complexity index is 587. The lowest BCUT2D eigenvalue weighted by Gasteiger charge is -2.05. The molecule has 18 heavy (non-hydrogen) atoms. The van der Waals surface area contributed by atoms with Crippen LogP contribution in [0.4, 0.5) is 4.39 Å². The molecule has 0 aliphatic rings. The van der Waals surface area contributed by atoms with Gasteiger partial charge in [-0.15, -0.1) is 0 Å². The average Bonchev–Trinajstić information content (AvgIpc) is 2.52. The van der Waals surface area contributed by atoms with Gasteiger partial charge in [0, 0.05) is 10.2 Å². The van der Waals surface area contributed by atoms with E-state index in [1.165, 1.54) is 12.1 Å². The van der Waals surface area contributed by atoms with Gasteiger partial charge in [0.15, 0.2) is 6.29 Å². The number of halogens is 2. The monoisotopic (exact) mass is 310 g/mol. The first-order chi connectivity index (χ1) is 8.51. The summed E-state index contributed by atoms with van der Waals surface area (Å²) in [5, 5.41) is 4.28. The van der Waals surface area contributed by atoms with Crippen LogP contribution in [0.3, 0.4) is 0 Å². The molecule has 0 amide bonds. The number of benzene rings is 1. The van der Waals surface area contributed by atoms with Gasteiger partial charge in [0.05, 0.1) is 17.8 Å². The molecule has 0 atom stereocenters. The van der Waals surface area contributed by atoms with Gasteiger partial charge in [0.1, 0.15) is 5.82 Å². The van der Waals surface area contributed by atoms with Gasteiger partial charge in [0.2, 0.25) is 0 Å². The van der Waals surface area contributed by atoms with E-state index < -0.39 is 0 Å². The van der Waals surface area contributed by atoms with Crippen molar-refractivity contribution in [3.8, 4) is 0 Å². The van der Waals surface area contributed by atoms with Crippen molar-refractivity contribution in [1.82, 2.24) is 9.78 Å². The molecule has 0 N–H and O–H groups in total. The fourth-order valence-corrected chi connectivity index (χ4v) is 2.42. The van der Waals surface area contributed by atoms with Crippen molar-refractivity contribution < 1.29 is 9.18 Å². The summed E-state index contributed by atoms with van der Waals surface area (Å²) in [5.41, 5.74) is 2.89. The molecule has 0 unspecified atom stereocenters. The summed E-state index contributed by atoms with van der Waals surface area (Å²) in [7, 11) is 0. The van der Waals surface area contributed by atoms with E-state index in [4.69, 9.17) is 0 Å². The van der Waals surface area contributed by atoms with Crippen molar-refractivity contribution in [2.45, 2.75) is 20.4 Å². The second-order valence-electron chi connectivity index (χ2n) is 4.14. The minimum Gasteiger partial charge on any atom is -0.298 e. The van der Waals surface area contributed by atoms with E-state index in [1.807, 2.05) is 13.0 Å². The Balaban J connectivity index is 2.37. The second kappa shape index (κ2) is 5.02. The SMILES string of the molecule is Cc1nn(Cc2cc(F)cc(Br)c2)c(C)c1C=O. The van der Waals surface area contributed by atoms with Crippen molar-refractivity contribution in [3.05, 3.63) is 51.0 Å². The topological polar surface area (TPSA) is 34.9 Å². The van der Waals surface area contributed by atoms with Gasteiger partial charge in [-0.25, -0.2) is 4.39 Å². The van der Waals surface area contributed by atoms with Gasteiger partial charge in [-0.2, -0.15) is 5.10 Å². The first kappa shape index (κ1) is 13.0. The minimum atomic E-state index is -0.295. The van der Waals surface area contributed by atoms with E-state index in [-0.39, 0.29) is 5.82 Å². The summed E-state index contributed by atoms with van der Waals surface area (Å²) in [6.45, 7) is 4.06. The van der Waals surface area contributed by atoms with E-state index in [1.54, 1.807) is 11.6 Å². The molecule has 94 valence electrons. The van der Waals surface area contributed by atoms with Crippen LogP contribution in [0.25, 0.3) is 0 Å². The third-order valence-corrected chi connectivity index (χ3v) is 3.27. The zero-order valence-electron chi connectivity index (χ0n) is 10.1. The number of aromatic nitrogens is 2. The van der Waals surface area contributed by atoms with Gasteiger partial charge in [-0.05, 0) is 37.6 Å². The summed E-state index contributed by atoms with van der Waals surface area (Å²) < 4.78 is 15.7. The third kappa shape index (κ3) is 2.51. The van der Waals surface area contributed by atoms with Crippen LogP contribution in [-0.4, -0.2) is 16.1 Å². The Kier molecular flexibility index (Phi) is 3.61. The fraction of sp³-hybridized carbons (Fsp3) is 0.231. The Morgan fingerprint density at radius 2 is 2.11 bits per heavy atom. The normalized spacial score (nSPS) is 10.7. The fourth-order valence-electron chi connectivity index (χ4n) is 1.91. The van der Waals surface area contributed by atoms with Crippen molar-refractivity contribution in [3.63, 3.8) is 0 Å². The van der Waals surface area contributed by atoms with Crippen molar-refractivity contribution in [2.24, 2.45) is 0 Å². The first-order valence-corrected chi connectivity index (χ1v) is 6.24. The summed E-state index contributed by atoms with van der Waals surface area (Å²) in [6, 6.07) is 4.70. The molecule has 0 radical (unpaired) electrons. The Hall–Kier alpha value is -1.49. The van der Waals surface area contributed by atoms with Crippen molar-refractivity contribution in [1.29, 1.82) is 0 Å². The van der Waals surface area contributed by atoms with E-state index in [0.29, 0.717) is 22.3 Å². The number of aldehydes is 1. The smallest absolute Gasteiger partial charge is 0.153 e. The van der Waals surface area contributed by atoms with Gasteiger partial charge < -0.3 is 0 Å². The van der Waals surface area contributed by atoms with Crippen molar-refractivity contribution >= 4 is 22.2 Å². The van der Waals surface area contributed by atoms with Crippen LogP contribution < -0.4 is 0 Å². The molecule has 0 bridgehead atoms. The van der Waals surface area contributed by atoms with Crippen LogP contribution in [0.2, 0.25) is 0 Å². The number of carbonyl (C=O) groups excluding carboxylic acids is 1. The number of hydrogen-bond acceptors (Lipinski definition) is 2. The maximum Gasteiger partial charge on any atom is 0.153 e. The molecule has 1 aromatic heterocycles. The highest BCUT2D eigenvalue weighted by Gasteiger charge is 2.11. The molecule has 0 aliphatic carbocycles. The zero-order valence-corrected chi connectivity index (χ0v) is 11.7. The largest absolute Gasteiger partial charge is 0.298 e. The number of rotatable bonds is 3. The van der Waals surface area contributed by atoms with E-state index in [0.717, 1.165) is 17.5 Å². The van der Waals surface area contributed by atoms with Crippen LogP contribution in [0, 0.1) is 19.7 Å². The second-order valence-corrected chi connectivity index (χ2v) is 5.05. The lowest BCUT2D eigenvalue weighted by atomic mass is 10.2. The highest BCUT2D eigenvalue weighted by molar-refractivity contribution is 9.10. The van der Waals surface area contributed by atoms with E-state index >= 15 is 0 Å². The molecular formula is C13H12BrFN2O. The van der Waals surface area contributed by atoms with Crippen LogP contribution in [0.5, 0.6) is 0 Å². The Morgan fingerprint density at radius 1 is 1.39 bits per heavy atom. The molecule has 1 aromatic carbocycles. The third-order valence-electron chi connectivity index (χ3n) is 2.81. The number of nitrogens with zero attached hydrogens (tertiary/aromatic N) is 2. The molecule has 0 spiro atoms. The predicted octanol–water partition coefficient (Wildman–Crippen LogP) is 3.26. The molecule has 2 rings (SSSR count). The van der Waals surface area contributed by atoms with Crippen LogP contribution in [0.15, 0.2) is 22.7 Å². The standard InChI is InChI=1S/C13H12BrFN2O/c1-8-13(7-18)9(2)17(16-8)6-10-3-11(14)5-12(15)4-10/h3-5,7H,6H2,1-2H3. The maximum atomic E-state index is 13.3. The van der Waals surface area contributed by atoms with Crippen LogP contribution in [0.1, 0.15) is 27.3 Å². The average molecular weight is 311 g/mol. The van der Waals surface area contributed by atoms with Crippen LogP contribution in [-0.2, 0) is 6.54 Å². The molecule has 2 aromatic rings. The summed E-state index contributed by atoms with van der Waals surface area (Å²) >= 11 is 3.25. The maximum absolute atomic E-state index is 13.3. The highest BCUT2D eigenvalue weighted by atomic mass is 79.9. The van der Waals surface area contributed by atoms with E-state index in [2.05, 4.69) is 21.0 Å². The number of aryl methyl sites for hydroxylation is 1. The molecule has 1 heterocycles. The van der Waals surface area contributed by atoms with Gasteiger partial charge in [-0.1, -0.05) is 15.9 Å². The quantitative estimate of drug-likeness (QED) is 0.816. The minimum absolute atomic E-state index is 0.295. The summed E-state index contributed by atoms with van der Waals surface area (Å²) in [4.78, 5) is 10.9. The Morgan fingerprint density at radius 3 is 2.67 bits per heavy atom. The van der Waals surface area contributed by atoms with Crippen molar-refractivity contribution in [2.75, 3.05) is 0 Å². The molecule has 0 saturated heterocycles. The lowest BCUT2D eigenvalue weighted by Crippen LogP contribution is -2.04. The molecule has 5 heteroatoms. The van der Waals surface area contributed by atoms with E-state index in [9.17, 15) is 9.18 Å². The molecule has 3 nitrogen and oxygen atoms in total. The molecule has 0 fully saturated rings. The lowest BCUT2D eigenvalue weighted by molar-refractivity contribution is 0.112. The molecular weight excluding hydrogens is 299 g/mol. The van der Waals surface area contributed by atoms with Gasteiger partial charge >= 0.3 is 0 Å². The zero-order chi connectivity index (χ0) is 13.3. The predicted molar refractivity (Wildman–Crippen MR) is 70.3 cm³/mol. The van der Waals surface area contributed by atoms with Gasteiger partial charge in [0.25, 0.3) is 0 Å². The first-order valence-electron chi connectivity index (χ1n) is 5.45. The number of carbonyl (C=O) groups is 1. The summed E-state index contributed by atoms with van der Waals surface area (Å²) in [6.07, 6.45) is 0.801. The highest BCUT2D eigenvalue weighted by Crippen LogP contribution is 2.17. The van der Waals surface area contributed by atoms with Gasteiger partial charge in [-0.3, -0.25) is 9.48 Å². The Labute approximate surface area is 113 Å².